The smallest absolute Gasteiger partial charge is 0.261 e. The van der Waals surface area contributed by atoms with Crippen molar-refractivity contribution in [2.45, 2.75) is 32.7 Å². The van der Waals surface area contributed by atoms with Crippen LogP contribution in [-0.2, 0) is 17.2 Å². The molecule has 1 heterocycles. The molecule has 0 fully saturated rings. The molecule has 1 aromatic heterocycles. The highest BCUT2D eigenvalue weighted by Gasteiger charge is 2.09. The minimum absolute atomic E-state index is 0.0521. The Morgan fingerprint density at radius 3 is 2.76 bits per heavy atom. The third-order valence-corrected chi connectivity index (χ3v) is 3.60. The summed E-state index contributed by atoms with van der Waals surface area (Å²) in [6.07, 6.45) is 1.02. The van der Waals surface area contributed by atoms with Crippen LogP contribution in [0, 0.1) is 5.92 Å². The average Bonchev–Trinajstić information content (AvgIpc) is 2.48. The monoisotopic (exact) mass is 308 g/mol. The van der Waals surface area contributed by atoms with Crippen LogP contribution in [0.25, 0.3) is 10.9 Å². The quantitative estimate of drug-likeness (QED) is 0.583. The topological polar surface area (TPSA) is 44.1 Å². The molecule has 2 rings (SSSR count). The highest BCUT2D eigenvalue weighted by molar-refractivity contribution is 6.16. The Labute approximate surface area is 129 Å². The van der Waals surface area contributed by atoms with E-state index in [0.29, 0.717) is 42.4 Å². The predicted molar refractivity (Wildman–Crippen MR) is 85.8 cm³/mol. The molecular weight excluding hydrogens is 288 g/mol. The summed E-state index contributed by atoms with van der Waals surface area (Å²) in [5, 5.41) is 0.619. The van der Waals surface area contributed by atoms with Gasteiger partial charge in [0.1, 0.15) is 5.82 Å². The Bertz CT molecular complexity index is 652. The second-order valence-corrected chi connectivity index (χ2v) is 5.70. The Balaban J connectivity index is 2.14. The first-order valence-corrected chi connectivity index (χ1v) is 7.79. The molecule has 0 saturated heterocycles. The van der Waals surface area contributed by atoms with Gasteiger partial charge in [-0.3, -0.25) is 9.36 Å². The van der Waals surface area contributed by atoms with Crippen molar-refractivity contribution in [3.63, 3.8) is 0 Å². The van der Waals surface area contributed by atoms with E-state index < -0.39 is 0 Å². The summed E-state index contributed by atoms with van der Waals surface area (Å²) < 4.78 is 7.20. The first kappa shape index (κ1) is 16.0. The van der Waals surface area contributed by atoms with Gasteiger partial charge in [-0.05, 0) is 24.5 Å². The summed E-state index contributed by atoms with van der Waals surface area (Å²) in [6, 6.07) is 7.33. The van der Waals surface area contributed by atoms with Gasteiger partial charge in [-0.25, -0.2) is 4.98 Å². The SMILES string of the molecule is CC(C)CCOCCn1c(CCl)nc2ccccc2c1=O. The zero-order chi connectivity index (χ0) is 15.2. The summed E-state index contributed by atoms with van der Waals surface area (Å²) >= 11 is 5.92. The number of aromatic nitrogens is 2. The van der Waals surface area contributed by atoms with E-state index in [1.165, 1.54) is 0 Å². The third kappa shape index (κ3) is 4.05. The van der Waals surface area contributed by atoms with Gasteiger partial charge >= 0.3 is 0 Å². The van der Waals surface area contributed by atoms with Gasteiger partial charge in [-0.2, -0.15) is 0 Å². The second-order valence-electron chi connectivity index (χ2n) is 5.43. The molecular formula is C16H21ClN2O2. The van der Waals surface area contributed by atoms with Crippen molar-refractivity contribution in [1.82, 2.24) is 9.55 Å². The fraction of sp³-hybridized carbons (Fsp3) is 0.500. The summed E-state index contributed by atoms with van der Waals surface area (Å²) in [7, 11) is 0. The van der Waals surface area contributed by atoms with Crippen LogP contribution in [-0.4, -0.2) is 22.8 Å². The van der Waals surface area contributed by atoms with E-state index >= 15 is 0 Å². The van der Waals surface area contributed by atoms with Gasteiger partial charge in [0, 0.05) is 6.61 Å². The van der Waals surface area contributed by atoms with Crippen LogP contribution in [0.15, 0.2) is 29.1 Å². The van der Waals surface area contributed by atoms with Gasteiger partial charge in [0.15, 0.2) is 0 Å². The van der Waals surface area contributed by atoms with Crippen LogP contribution in [0.5, 0.6) is 0 Å². The molecule has 0 atom stereocenters. The first-order valence-electron chi connectivity index (χ1n) is 7.25. The summed E-state index contributed by atoms with van der Waals surface area (Å²) in [5.41, 5.74) is 0.638. The van der Waals surface area contributed by atoms with Gasteiger partial charge in [0.25, 0.3) is 5.56 Å². The molecule has 0 aliphatic rings. The van der Waals surface area contributed by atoms with Crippen LogP contribution in [0.1, 0.15) is 26.1 Å². The lowest BCUT2D eigenvalue weighted by Gasteiger charge is -2.12. The van der Waals surface area contributed by atoms with Crippen LogP contribution in [0.4, 0.5) is 0 Å². The van der Waals surface area contributed by atoms with E-state index in [1.54, 1.807) is 10.6 Å². The van der Waals surface area contributed by atoms with Crippen LogP contribution < -0.4 is 5.56 Å². The number of para-hydroxylation sites is 1. The van der Waals surface area contributed by atoms with Gasteiger partial charge in [0.05, 0.1) is 29.9 Å². The van der Waals surface area contributed by atoms with E-state index in [1.807, 2.05) is 18.2 Å². The Morgan fingerprint density at radius 1 is 1.29 bits per heavy atom. The second kappa shape index (κ2) is 7.57. The van der Waals surface area contributed by atoms with Crippen molar-refractivity contribution in [1.29, 1.82) is 0 Å². The number of halogens is 1. The maximum Gasteiger partial charge on any atom is 0.261 e. The largest absolute Gasteiger partial charge is 0.380 e. The van der Waals surface area contributed by atoms with Crippen LogP contribution in [0.2, 0.25) is 0 Å². The predicted octanol–water partition coefficient (Wildman–Crippen LogP) is 3.20. The summed E-state index contributed by atoms with van der Waals surface area (Å²) in [4.78, 5) is 16.9. The fourth-order valence-electron chi connectivity index (χ4n) is 2.12. The van der Waals surface area contributed by atoms with Crippen molar-refractivity contribution in [2.75, 3.05) is 13.2 Å². The Morgan fingerprint density at radius 2 is 2.05 bits per heavy atom. The first-order chi connectivity index (χ1) is 10.1. The molecule has 0 aliphatic carbocycles. The third-order valence-electron chi connectivity index (χ3n) is 3.36. The lowest BCUT2D eigenvalue weighted by molar-refractivity contribution is 0.115. The lowest BCUT2D eigenvalue weighted by atomic mass is 10.1. The lowest BCUT2D eigenvalue weighted by Crippen LogP contribution is -2.27. The summed E-state index contributed by atoms with van der Waals surface area (Å²) in [6.45, 7) is 6.01. The van der Waals surface area contributed by atoms with E-state index in [-0.39, 0.29) is 11.4 Å². The van der Waals surface area contributed by atoms with Gasteiger partial charge < -0.3 is 4.74 Å². The van der Waals surface area contributed by atoms with Crippen molar-refractivity contribution in [3.05, 3.63) is 40.4 Å². The molecule has 4 nitrogen and oxygen atoms in total. The number of ether oxygens (including phenoxy) is 1. The number of benzene rings is 1. The molecule has 0 saturated carbocycles. The molecule has 0 spiro atoms. The number of hydrogen-bond acceptors (Lipinski definition) is 3. The molecule has 0 amide bonds. The van der Waals surface area contributed by atoms with Crippen LogP contribution in [0.3, 0.4) is 0 Å². The number of nitrogens with zero attached hydrogens (tertiary/aromatic N) is 2. The zero-order valence-electron chi connectivity index (χ0n) is 12.5. The Hall–Kier alpha value is -1.39. The summed E-state index contributed by atoms with van der Waals surface area (Å²) in [5.74, 6) is 1.42. The highest BCUT2D eigenvalue weighted by atomic mass is 35.5. The molecule has 21 heavy (non-hydrogen) atoms. The van der Waals surface area contributed by atoms with Crippen molar-refractivity contribution in [2.24, 2.45) is 5.92 Å². The van der Waals surface area contributed by atoms with Gasteiger partial charge in [0.2, 0.25) is 0 Å². The number of hydrogen-bond donors (Lipinski definition) is 0. The fourth-order valence-corrected chi connectivity index (χ4v) is 2.33. The van der Waals surface area contributed by atoms with Crippen LogP contribution >= 0.6 is 11.6 Å². The normalized spacial score (nSPS) is 11.4. The molecule has 0 unspecified atom stereocenters. The van der Waals surface area contributed by atoms with Gasteiger partial charge in [-0.1, -0.05) is 26.0 Å². The Kier molecular flexibility index (Phi) is 5.76. The maximum atomic E-state index is 12.5. The number of rotatable bonds is 7. The van der Waals surface area contributed by atoms with E-state index in [9.17, 15) is 4.79 Å². The molecule has 114 valence electrons. The highest BCUT2D eigenvalue weighted by Crippen LogP contribution is 2.09. The number of alkyl halides is 1. The maximum absolute atomic E-state index is 12.5. The number of fused-ring (bicyclic) bond motifs is 1. The minimum Gasteiger partial charge on any atom is -0.380 e. The molecule has 0 N–H and O–H groups in total. The van der Waals surface area contributed by atoms with Crippen molar-refractivity contribution in [3.8, 4) is 0 Å². The van der Waals surface area contributed by atoms with E-state index in [0.717, 1.165) is 6.42 Å². The molecule has 0 radical (unpaired) electrons. The van der Waals surface area contributed by atoms with Gasteiger partial charge in [-0.15, -0.1) is 11.6 Å². The van der Waals surface area contributed by atoms with E-state index in [4.69, 9.17) is 16.3 Å². The standard InChI is InChI=1S/C16H21ClN2O2/c1-12(2)7-9-21-10-8-19-15(11-17)18-14-6-4-3-5-13(14)16(19)20/h3-6,12H,7-11H2,1-2H3. The molecule has 2 aromatic rings. The zero-order valence-corrected chi connectivity index (χ0v) is 13.3. The molecule has 0 aliphatic heterocycles. The molecule has 5 heteroatoms. The van der Waals surface area contributed by atoms with Crippen molar-refractivity contribution < 1.29 is 4.74 Å². The molecule has 1 aromatic carbocycles. The van der Waals surface area contributed by atoms with E-state index in [2.05, 4.69) is 18.8 Å². The minimum atomic E-state index is -0.0521. The van der Waals surface area contributed by atoms with Crippen molar-refractivity contribution >= 4 is 22.5 Å². The average molecular weight is 309 g/mol. The molecule has 0 bridgehead atoms.